The number of unbranched alkanes of at least 4 members (excludes halogenated alkanes) is 27. The van der Waals surface area contributed by atoms with Crippen molar-refractivity contribution in [1.29, 1.82) is 0 Å². The standard InChI is InChI=1S/C95H104N6O6/c1-7-10-13-16-19-22-25-28-31-34-55-105-93-75-71-76-73(91(103-5)85-88(94(76)106-56-35-32-29-26-23-20-17-14-11-8-2)100-82-65-53-41-47-59-44-38-50-62(68(59)65)79(82)97-85)70(72(75)90(102-4)84-87(93)99-81-64-52-40-46-58-43-37-49-61(67(58)64)78(81)96-84)74-77(71)95(107-57-36-33-30-27-24-21-18-15-12-9-3)89-86(92(74)104-6)98-80-63-51-39-45-60-48-42-54-66(69(60)63)83(80)101-89/h37-54,70-71H,7-36,55-57H2,1-6H3. The number of aromatic nitrogens is 6. The summed E-state index contributed by atoms with van der Waals surface area (Å²) in [5.74, 6) is 2.46. The molecule has 0 unspecified atom stereocenters. The number of methoxy groups -OCH3 is 3. The summed E-state index contributed by atoms with van der Waals surface area (Å²) in [6.45, 7) is 8.29. The maximum Gasteiger partial charge on any atom is 0.151 e. The number of fused-ring (bicyclic) bond motifs is 12. The Morgan fingerprint density at radius 2 is 0.421 bits per heavy atom. The molecule has 18 rings (SSSR count). The van der Waals surface area contributed by atoms with E-state index in [9.17, 15) is 0 Å². The third-order valence-corrected chi connectivity index (χ3v) is 24.1. The summed E-state index contributed by atoms with van der Waals surface area (Å²) < 4.78 is 44.8. The number of ether oxygens (including phenoxy) is 6. The fraction of sp³-hybridized carbons (Fsp3) is 0.432. The number of nitrogens with zero attached hydrogens (tertiary/aromatic N) is 6. The van der Waals surface area contributed by atoms with Crippen LogP contribution >= 0.6 is 0 Å². The SMILES string of the molecule is CCCCCCCCCCCCOc1c2c(c(OC)c3nc4c(nc13)-c1cccc3cccc-4c13)C1c3c(c(OCCCCCCCCCCCC)c4nc5c(nc4c3OC)-c3cccc4cccc-5c34)C2c2c1c(OC)c1nc3c(nc1c2OCCCCCCCCCCCC)-c1cccc2cccc-3c12. The number of hydrogen-bond donors (Lipinski definition) is 0. The van der Waals surface area contributed by atoms with Crippen LogP contribution in [0, 0.1) is 0 Å². The zero-order valence-electron chi connectivity index (χ0n) is 64.0. The van der Waals surface area contributed by atoms with Gasteiger partial charge in [-0.05, 0) is 35.4 Å². The average molecular weight is 1430 g/mol. The maximum absolute atomic E-state index is 7.79. The number of rotatable bonds is 39. The first kappa shape index (κ1) is 70.6. The van der Waals surface area contributed by atoms with Gasteiger partial charge in [0.25, 0.3) is 0 Å². The van der Waals surface area contributed by atoms with Crippen molar-refractivity contribution in [3.8, 4) is 102 Å². The predicted molar refractivity (Wildman–Crippen MR) is 438 cm³/mol. The Labute approximate surface area is 631 Å². The molecule has 9 aromatic carbocycles. The van der Waals surface area contributed by atoms with E-state index in [1.165, 1.54) is 135 Å². The minimum Gasteiger partial charge on any atom is -0.494 e. The van der Waals surface area contributed by atoms with Gasteiger partial charge in [0.15, 0.2) is 34.5 Å². The smallest absolute Gasteiger partial charge is 0.151 e. The molecular formula is C95H104N6O6. The number of benzene rings is 9. The predicted octanol–water partition coefficient (Wildman–Crippen LogP) is 25.8. The molecule has 0 fully saturated rings. The van der Waals surface area contributed by atoms with Gasteiger partial charge in [-0.2, -0.15) is 0 Å². The molecule has 12 nitrogen and oxygen atoms in total. The van der Waals surface area contributed by atoms with Crippen LogP contribution in [-0.4, -0.2) is 71.1 Å². The van der Waals surface area contributed by atoms with Crippen molar-refractivity contribution < 1.29 is 28.4 Å². The monoisotopic (exact) mass is 1420 g/mol. The van der Waals surface area contributed by atoms with Gasteiger partial charge in [0.2, 0.25) is 0 Å². The van der Waals surface area contributed by atoms with Gasteiger partial charge in [-0.15, -0.1) is 0 Å². The third kappa shape index (κ3) is 12.4. The van der Waals surface area contributed by atoms with Crippen molar-refractivity contribution in [1.82, 2.24) is 29.9 Å². The van der Waals surface area contributed by atoms with E-state index in [0.717, 1.165) is 191 Å². The molecule has 6 aliphatic rings. The second-order valence-electron chi connectivity index (χ2n) is 31.0. The van der Waals surface area contributed by atoms with E-state index in [0.29, 0.717) is 87.4 Å². The first-order valence-corrected chi connectivity index (χ1v) is 41.3. The lowest BCUT2D eigenvalue weighted by molar-refractivity contribution is 0.290. The Hall–Kier alpha value is -9.42. The molecule has 0 radical (unpaired) electrons. The quantitative estimate of drug-likeness (QED) is 0.0340. The first-order chi connectivity index (χ1) is 53.0. The van der Waals surface area contributed by atoms with E-state index in [2.05, 4.69) is 130 Å². The van der Waals surface area contributed by atoms with Gasteiger partial charge in [-0.25, -0.2) is 29.9 Å². The summed E-state index contributed by atoms with van der Waals surface area (Å²) in [6.07, 6.45) is 36.1. The zero-order chi connectivity index (χ0) is 72.5. The normalized spacial score (nSPS) is 14.2. The Bertz CT molecular complexity index is 4830. The fourth-order valence-corrected chi connectivity index (χ4v) is 19.0. The molecular weight excluding hydrogens is 1320 g/mol. The molecule has 12 heteroatoms. The van der Waals surface area contributed by atoms with Crippen LogP contribution in [0.2, 0.25) is 0 Å². The van der Waals surface area contributed by atoms with Crippen molar-refractivity contribution in [3.63, 3.8) is 0 Å². The highest BCUT2D eigenvalue weighted by Gasteiger charge is 2.55. The van der Waals surface area contributed by atoms with Crippen molar-refractivity contribution in [2.45, 2.75) is 225 Å². The van der Waals surface area contributed by atoms with Crippen LogP contribution in [0.15, 0.2) is 109 Å². The van der Waals surface area contributed by atoms with E-state index in [1.807, 2.05) is 0 Å². The summed E-state index contributed by atoms with van der Waals surface area (Å²) in [5, 5.41) is 6.88. The van der Waals surface area contributed by atoms with Gasteiger partial charge in [-0.3, -0.25) is 0 Å². The Morgan fingerprint density at radius 3 is 0.626 bits per heavy atom. The molecule has 550 valence electrons. The molecule has 2 bridgehead atoms. The van der Waals surface area contributed by atoms with Crippen LogP contribution < -0.4 is 28.4 Å². The minimum atomic E-state index is -0.709. The van der Waals surface area contributed by atoms with Crippen LogP contribution in [0.5, 0.6) is 34.5 Å². The highest BCUT2D eigenvalue weighted by atomic mass is 16.5. The average Bonchev–Trinajstić information content (AvgIpc) is 0.746. The highest BCUT2D eigenvalue weighted by molar-refractivity contribution is 6.18. The molecule has 3 heterocycles. The van der Waals surface area contributed by atoms with Gasteiger partial charge >= 0.3 is 0 Å². The van der Waals surface area contributed by atoms with Gasteiger partial charge < -0.3 is 28.4 Å². The lowest BCUT2D eigenvalue weighted by atomic mass is 9.59. The van der Waals surface area contributed by atoms with Gasteiger partial charge in [0.1, 0.15) is 33.1 Å². The first-order valence-electron chi connectivity index (χ1n) is 41.3. The molecule has 6 aliphatic carbocycles. The summed E-state index contributed by atoms with van der Waals surface area (Å²) in [5.41, 5.74) is 20.6. The van der Waals surface area contributed by atoms with E-state index >= 15 is 0 Å². The molecule has 0 atom stereocenters. The van der Waals surface area contributed by atoms with E-state index in [-0.39, 0.29) is 0 Å². The Balaban J connectivity index is 0.912. The van der Waals surface area contributed by atoms with Crippen molar-refractivity contribution in [2.24, 2.45) is 0 Å². The van der Waals surface area contributed by atoms with Crippen LogP contribution in [-0.2, 0) is 0 Å². The van der Waals surface area contributed by atoms with Crippen molar-refractivity contribution >= 4 is 65.4 Å². The molecule has 0 spiro atoms. The number of hydrogen-bond acceptors (Lipinski definition) is 12. The summed E-state index contributed by atoms with van der Waals surface area (Å²) in [6, 6.07) is 39.1. The molecule has 3 aromatic heterocycles. The third-order valence-electron chi connectivity index (χ3n) is 24.1. The molecule has 12 aromatic rings. The fourth-order valence-electron chi connectivity index (χ4n) is 19.0. The van der Waals surface area contributed by atoms with E-state index in [1.54, 1.807) is 21.3 Å². The van der Waals surface area contributed by atoms with Gasteiger partial charge in [0.05, 0.1) is 75.3 Å². The van der Waals surface area contributed by atoms with Gasteiger partial charge in [-0.1, -0.05) is 303 Å². The minimum absolute atomic E-state index is 0.468. The van der Waals surface area contributed by atoms with Crippen molar-refractivity contribution in [3.05, 3.63) is 143 Å². The lowest BCUT2D eigenvalue weighted by Gasteiger charge is -2.45. The summed E-state index contributed by atoms with van der Waals surface area (Å²) >= 11 is 0. The Morgan fingerprint density at radius 1 is 0.234 bits per heavy atom. The van der Waals surface area contributed by atoms with Crippen LogP contribution in [0.3, 0.4) is 0 Å². The molecule has 0 saturated carbocycles. The zero-order valence-corrected chi connectivity index (χ0v) is 64.0. The highest BCUT2D eigenvalue weighted by Crippen LogP contribution is 2.71. The topological polar surface area (TPSA) is 133 Å². The second-order valence-corrected chi connectivity index (χ2v) is 31.0. The molecule has 0 aliphatic heterocycles. The van der Waals surface area contributed by atoms with Crippen LogP contribution in [0.25, 0.3) is 133 Å². The summed E-state index contributed by atoms with van der Waals surface area (Å²) in [4.78, 5) is 35.4. The van der Waals surface area contributed by atoms with Crippen LogP contribution in [0.4, 0.5) is 0 Å². The molecule has 0 saturated heterocycles. The van der Waals surface area contributed by atoms with Crippen molar-refractivity contribution in [2.75, 3.05) is 41.2 Å². The van der Waals surface area contributed by atoms with Crippen LogP contribution in [0.1, 0.15) is 259 Å². The molecule has 0 amide bonds. The molecule has 0 N–H and O–H groups in total. The van der Waals surface area contributed by atoms with Gasteiger partial charge in [0, 0.05) is 94.8 Å². The Kier molecular flexibility index (Phi) is 20.7. The maximum atomic E-state index is 7.79. The second kappa shape index (κ2) is 31.4. The van der Waals surface area contributed by atoms with E-state index in [4.69, 9.17) is 58.3 Å². The lowest BCUT2D eigenvalue weighted by Crippen LogP contribution is -2.32. The van der Waals surface area contributed by atoms with E-state index < -0.39 is 11.8 Å². The molecule has 107 heavy (non-hydrogen) atoms. The largest absolute Gasteiger partial charge is 0.494 e. The summed E-state index contributed by atoms with van der Waals surface area (Å²) in [7, 11) is 5.39.